The number of sulfonamides is 1. The molecule has 1 atom stereocenters. The van der Waals surface area contributed by atoms with Crippen LogP contribution in [0.1, 0.15) is 13.8 Å². The van der Waals surface area contributed by atoms with E-state index in [-0.39, 0.29) is 21.5 Å². The zero-order valence-electron chi connectivity index (χ0n) is 11.4. The predicted molar refractivity (Wildman–Crippen MR) is 76.8 cm³/mol. The number of hydrogen-bond acceptors (Lipinski definition) is 5. The molecule has 0 saturated carbocycles. The maximum atomic E-state index is 12.2. The van der Waals surface area contributed by atoms with Crippen LogP contribution in [0.15, 0.2) is 23.1 Å². The predicted octanol–water partition coefficient (Wildman–Crippen LogP) is 1.40. The van der Waals surface area contributed by atoms with Gasteiger partial charge in [-0.1, -0.05) is 25.4 Å². The van der Waals surface area contributed by atoms with Crippen LogP contribution in [-0.2, 0) is 19.6 Å². The van der Waals surface area contributed by atoms with E-state index in [1.54, 1.807) is 13.8 Å². The van der Waals surface area contributed by atoms with Crippen LogP contribution in [0.4, 0.5) is 5.69 Å². The van der Waals surface area contributed by atoms with Crippen LogP contribution in [0.3, 0.4) is 0 Å². The van der Waals surface area contributed by atoms with Crippen LogP contribution in [0.5, 0.6) is 0 Å². The summed E-state index contributed by atoms with van der Waals surface area (Å²) in [5.74, 6) is -0.910. The summed E-state index contributed by atoms with van der Waals surface area (Å²) in [4.78, 5) is 11.5. The molecular formula is C12H17ClN2O4S. The van der Waals surface area contributed by atoms with E-state index in [9.17, 15) is 13.2 Å². The molecule has 3 N–H and O–H groups in total. The van der Waals surface area contributed by atoms with Crippen molar-refractivity contribution in [1.82, 2.24) is 4.72 Å². The first-order chi connectivity index (χ1) is 9.19. The number of ether oxygens (including phenoxy) is 1. The number of esters is 1. The van der Waals surface area contributed by atoms with Gasteiger partial charge >= 0.3 is 5.97 Å². The molecule has 0 fully saturated rings. The molecule has 1 aromatic carbocycles. The molecule has 1 rings (SSSR count). The van der Waals surface area contributed by atoms with Crippen molar-refractivity contribution in [3.05, 3.63) is 23.2 Å². The third-order valence-electron chi connectivity index (χ3n) is 2.68. The first kappa shape index (κ1) is 16.7. The summed E-state index contributed by atoms with van der Waals surface area (Å²) in [5, 5.41) is 0.261. The molecule has 0 amide bonds. The minimum atomic E-state index is -3.89. The minimum absolute atomic E-state index is 0.0612. The fourth-order valence-electron chi connectivity index (χ4n) is 1.51. The molecule has 112 valence electrons. The van der Waals surface area contributed by atoms with Crippen LogP contribution < -0.4 is 10.5 Å². The Labute approximate surface area is 123 Å². The van der Waals surface area contributed by atoms with Crippen molar-refractivity contribution in [2.24, 2.45) is 5.92 Å². The molecule has 0 bridgehead atoms. The van der Waals surface area contributed by atoms with Crippen molar-refractivity contribution in [1.29, 1.82) is 0 Å². The van der Waals surface area contributed by atoms with E-state index < -0.39 is 22.0 Å². The third-order valence-corrected chi connectivity index (χ3v) is 4.46. The minimum Gasteiger partial charge on any atom is -0.468 e. The topological polar surface area (TPSA) is 98.5 Å². The first-order valence-electron chi connectivity index (χ1n) is 5.84. The van der Waals surface area contributed by atoms with Crippen molar-refractivity contribution in [3.8, 4) is 0 Å². The summed E-state index contributed by atoms with van der Waals surface area (Å²) in [7, 11) is -2.69. The molecule has 0 heterocycles. The Morgan fingerprint density at radius 3 is 2.45 bits per heavy atom. The number of nitrogens with two attached hydrogens (primary N) is 1. The van der Waals surface area contributed by atoms with Crippen molar-refractivity contribution in [2.75, 3.05) is 12.8 Å². The van der Waals surface area contributed by atoms with Crippen LogP contribution in [-0.4, -0.2) is 27.5 Å². The number of carbonyl (C=O) groups is 1. The lowest BCUT2D eigenvalue weighted by Gasteiger charge is -2.19. The fraction of sp³-hybridized carbons (Fsp3) is 0.417. The van der Waals surface area contributed by atoms with Crippen LogP contribution in [0, 0.1) is 5.92 Å². The van der Waals surface area contributed by atoms with E-state index in [2.05, 4.69) is 9.46 Å². The molecule has 0 radical (unpaired) electrons. The van der Waals surface area contributed by atoms with Gasteiger partial charge in [-0.15, -0.1) is 0 Å². The summed E-state index contributed by atoms with van der Waals surface area (Å²) in [6, 6.07) is 2.96. The second kappa shape index (κ2) is 6.43. The number of nitrogen functional groups attached to an aromatic ring is 1. The highest BCUT2D eigenvalue weighted by Gasteiger charge is 2.29. The average Bonchev–Trinajstić information content (AvgIpc) is 2.38. The monoisotopic (exact) mass is 320 g/mol. The summed E-state index contributed by atoms with van der Waals surface area (Å²) in [6.45, 7) is 3.42. The van der Waals surface area contributed by atoms with E-state index in [1.807, 2.05) is 0 Å². The third kappa shape index (κ3) is 3.84. The van der Waals surface area contributed by atoms with Gasteiger partial charge in [-0.25, -0.2) is 8.42 Å². The standard InChI is InChI=1S/C12H17ClN2O4S/c1-7(2)11(12(16)19-3)15-20(17,18)8-4-5-9(13)10(14)6-8/h4-7,11,15H,14H2,1-3H3. The Balaban J connectivity index is 3.09. The zero-order valence-corrected chi connectivity index (χ0v) is 13.0. The molecule has 0 aliphatic heterocycles. The van der Waals surface area contributed by atoms with Gasteiger partial charge in [0.25, 0.3) is 0 Å². The van der Waals surface area contributed by atoms with Gasteiger partial charge in [0.2, 0.25) is 10.0 Å². The molecule has 0 aromatic heterocycles. The molecule has 8 heteroatoms. The summed E-state index contributed by atoms with van der Waals surface area (Å²) in [5.41, 5.74) is 5.73. The van der Waals surface area contributed by atoms with Gasteiger partial charge in [-0.3, -0.25) is 4.79 Å². The van der Waals surface area contributed by atoms with E-state index in [0.717, 1.165) is 0 Å². The van der Waals surface area contributed by atoms with E-state index in [4.69, 9.17) is 17.3 Å². The number of carbonyl (C=O) groups excluding carboxylic acids is 1. The Hall–Kier alpha value is -1.31. The Kier molecular flexibility index (Phi) is 5.38. The van der Waals surface area contributed by atoms with Crippen molar-refractivity contribution in [2.45, 2.75) is 24.8 Å². The quantitative estimate of drug-likeness (QED) is 0.631. The smallest absolute Gasteiger partial charge is 0.324 e. The average molecular weight is 321 g/mol. The number of halogens is 1. The lowest BCUT2D eigenvalue weighted by atomic mass is 10.1. The lowest BCUT2D eigenvalue weighted by molar-refractivity contribution is -0.143. The van der Waals surface area contributed by atoms with E-state index >= 15 is 0 Å². The number of anilines is 1. The second-order valence-corrected chi connectivity index (χ2v) is 6.67. The van der Waals surface area contributed by atoms with Gasteiger partial charge in [0.05, 0.1) is 22.7 Å². The van der Waals surface area contributed by atoms with Gasteiger partial charge < -0.3 is 10.5 Å². The van der Waals surface area contributed by atoms with Gasteiger partial charge in [0, 0.05) is 0 Å². The molecule has 6 nitrogen and oxygen atoms in total. The van der Waals surface area contributed by atoms with E-state index in [0.29, 0.717) is 0 Å². The highest BCUT2D eigenvalue weighted by Crippen LogP contribution is 2.22. The normalized spacial score (nSPS) is 13.2. The van der Waals surface area contributed by atoms with Crippen LogP contribution in [0.25, 0.3) is 0 Å². The SMILES string of the molecule is COC(=O)C(NS(=O)(=O)c1ccc(Cl)c(N)c1)C(C)C. The summed E-state index contributed by atoms with van der Waals surface area (Å²) >= 11 is 5.75. The zero-order chi connectivity index (χ0) is 15.5. The number of methoxy groups -OCH3 is 1. The van der Waals surface area contributed by atoms with Crippen LogP contribution in [0.2, 0.25) is 5.02 Å². The number of hydrogen-bond donors (Lipinski definition) is 2. The number of benzene rings is 1. The second-order valence-electron chi connectivity index (χ2n) is 4.55. The molecule has 1 unspecified atom stereocenters. The van der Waals surface area contributed by atoms with E-state index in [1.165, 1.54) is 25.3 Å². The van der Waals surface area contributed by atoms with Crippen LogP contribution >= 0.6 is 11.6 Å². The van der Waals surface area contributed by atoms with Crippen molar-refractivity contribution >= 4 is 33.3 Å². The molecule has 0 spiro atoms. The Morgan fingerprint density at radius 1 is 1.40 bits per heavy atom. The molecule has 0 saturated heterocycles. The van der Waals surface area contributed by atoms with Crippen molar-refractivity contribution in [3.63, 3.8) is 0 Å². The first-order valence-corrected chi connectivity index (χ1v) is 7.70. The van der Waals surface area contributed by atoms with Gasteiger partial charge in [0.1, 0.15) is 6.04 Å². The number of nitrogens with one attached hydrogen (secondary N) is 1. The highest BCUT2D eigenvalue weighted by atomic mass is 35.5. The van der Waals surface area contributed by atoms with Gasteiger partial charge in [-0.05, 0) is 24.1 Å². The Morgan fingerprint density at radius 2 is 2.00 bits per heavy atom. The molecule has 0 aliphatic carbocycles. The largest absolute Gasteiger partial charge is 0.468 e. The van der Waals surface area contributed by atoms with Gasteiger partial charge in [0.15, 0.2) is 0 Å². The number of rotatable bonds is 5. The highest BCUT2D eigenvalue weighted by molar-refractivity contribution is 7.89. The molecular weight excluding hydrogens is 304 g/mol. The summed E-state index contributed by atoms with van der Waals surface area (Å²) in [6.07, 6.45) is 0. The van der Waals surface area contributed by atoms with Gasteiger partial charge in [-0.2, -0.15) is 4.72 Å². The fourth-order valence-corrected chi connectivity index (χ4v) is 2.99. The van der Waals surface area contributed by atoms with Crippen molar-refractivity contribution < 1.29 is 17.9 Å². The molecule has 1 aromatic rings. The molecule has 0 aliphatic rings. The maximum absolute atomic E-state index is 12.2. The maximum Gasteiger partial charge on any atom is 0.324 e. The molecule has 20 heavy (non-hydrogen) atoms. The lowest BCUT2D eigenvalue weighted by Crippen LogP contribution is -2.44. The summed E-state index contributed by atoms with van der Waals surface area (Å²) < 4.78 is 31.3. The Bertz CT molecular complexity index is 601.